The molecule has 0 unspecified atom stereocenters. The summed E-state index contributed by atoms with van der Waals surface area (Å²) in [6.07, 6.45) is -0.498. The fourth-order valence-corrected chi connectivity index (χ4v) is 3.73. The van der Waals surface area contributed by atoms with Crippen molar-refractivity contribution in [1.29, 1.82) is 0 Å². The van der Waals surface area contributed by atoms with Gasteiger partial charge in [-0.25, -0.2) is 4.79 Å². The monoisotopic (exact) mass is 368 g/mol. The summed E-state index contributed by atoms with van der Waals surface area (Å²) in [6, 6.07) is 17.4. The zero-order chi connectivity index (χ0) is 19.4. The van der Waals surface area contributed by atoms with E-state index in [9.17, 15) is 9.59 Å². The van der Waals surface area contributed by atoms with Crippen LogP contribution in [0.2, 0.25) is 0 Å². The zero-order valence-corrected chi connectivity index (χ0v) is 15.4. The Hall–Kier alpha value is -2.86. The van der Waals surface area contributed by atoms with Crippen LogP contribution in [0.4, 0.5) is 4.79 Å². The quantitative estimate of drug-likeness (QED) is 0.839. The second-order valence-electron chi connectivity index (χ2n) is 6.67. The second kappa shape index (κ2) is 8.22. The van der Waals surface area contributed by atoms with Gasteiger partial charge in [-0.05, 0) is 18.1 Å². The van der Waals surface area contributed by atoms with E-state index in [1.807, 2.05) is 60.7 Å². The van der Waals surface area contributed by atoms with Crippen LogP contribution in [0, 0.1) is 5.92 Å². The number of carbonyl (C=O) groups is 2. The molecule has 1 saturated heterocycles. The molecule has 1 aliphatic heterocycles. The maximum atomic E-state index is 12.9. The Labute approximate surface area is 158 Å². The van der Waals surface area contributed by atoms with Gasteiger partial charge in [0.15, 0.2) is 0 Å². The molecule has 0 saturated carbocycles. The first kappa shape index (κ1) is 18.9. The SMILES string of the molecule is COC(=O)[C@@H]1[C@H](N)[C@H](c2ccccc2)N(C(=O)OCc2ccccc2)[C@@H]1C. The molecule has 2 aromatic rings. The molecule has 2 N–H and O–H groups in total. The Morgan fingerprint density at radius 3 is 2.22 bits per heavy atom. The second-order valence-corrected chi connectivity index (χ2v) is 6.67. The average molecular weight is 368 g/mol. The molecular weight excluding hydrogens is 344 g/mol. The van der Waals surface area contributed by atoms with Crippen molar-refractivity contribution in [2.24, 2.45) is 11.7 Å². The van der Waals surface area contributed by atoms with Gasteiger partial charge >= 0.3 is 12.1 Å². The molecule has 1 aliphatic rings. The van der Waals surface area contributed by atoms with Crippen molar-refractivity contribution < 1.29 is 19.1 Å². The van der Waals surface area contributed by atoms with Crippen LogP contribution >= 0.6 is 0 Å². The summed E-state index contributed by atoms with van der Waals surface area (Å²) < 4.78 is 10.4. The number of carbonyl (C=O) groups excluding carboxylic acids is 2. The molecule has 0 aliphatic carbocycles. The zero-order valence-electron chi connectivity index (χ0n) is 15.4. The van der Waals surface area contributed by atoms with Crippen molar-refractivity contribution in [3.63, 3.8) is 0 Å². The van der Waals surface area contributed by atoms with Gasteiger partial charge in [-0.1, -0.05) is 60.7 Å². The number of ether oxygens (including phenoxy) is 2. The topological polar surface area (TPSA) is 81.9 Å². The van der Waals surface area contributed by atoms with Gasteiger partial charge in [-0.3, -0.25) is 9.69 Å². The Morgan fingerprint density at radius 2 is 1.63 bits per heavy atom. The fourth-order valence-electron chi connectivity index (χ4n) is 3.73. The minimum atomic E-state index is -0.621. The number of hydrogen-bond donors (Lipinski definition) is 1. The van der Waals surface area contributed by atoms with E-state index in [-0.39, 0.29) is 6.61 Å². The number of rotatable bonds is 4. The van der Waals surface area contributed by atoms with Crippen LogP contribution in [0.25, 0.3) is 0 Å². The maximum Gasteiger partial charge on any atom is 0.410 e. The van der Waals surface area contributed by atoms with Crippen LogP contribution in [0.1, 0.15) is 24.1 Å². The third-order valence-electron chi connectivity index (χ3n) is 5.07. The molecule has 2 aromatic carbocycles. The number of methoxy groups -OCH3 is 1. The Balaban J connectivity index is 1.86. The first-order valence-electron chi connectivity index (χ1n) is 8.92. The number of hydrogen-bond acceptors (Lipinski definition) is 5. The maximum absolute atomic E-state index is 12.9. The first-order valence-corrected chi connectivity index (χ1v) is 8.92. The number of amides is 1. The van der Waals surface area contributed by atoms with E-state index in [1.165, 1.54) is 7.11 Å². The largest absolute Gasteiger partial charge is 0.469 e. The molecule has 3 rings (SSSR count). The fraction of sp³-hybridized carbons (Fsp3) is 0.333. The summed E-state index contributed by atoms with van der Waals surface area (Å²) in [4.78, 5) is 26.7. The van der Waals surface area contributed by atoms with Gasteiger partial charge in [0.05, 0.1) is 19.1 Å². The van der Waals surface area contributed by atoms with E-state index in [2.05, 4.69) is 0 Å². The van der Waals surface area contributed by atoms with Crippen LogP contribution < -0.4 is 5.73 Å². The van der Waals surface area contributed by atoms with E-state index in [0.29, 0.717) is 0 Å². The van der Waals surface area contributed by atoms with Gasteiger partial charge in [-0.15, -0.1) is 0 Å². The first-order chi connectivity index (χ1) is 13.0. The van der Waals surface area contributed by atoms with Crippen molar-refractivity contribution in [2.45, 2.75) is 31.7 Å². The highest BCUT2D eigenvalue weighted by Gasteiger charge is 2.52. The summed E-state index contributed by atoms with van der Waals surface area (Å²) in [5.74, 6) is -1.04. The minimum absolute atomic E-state index is 0.155. The Kier molecular flexibility index (Phi) is 5.76. The summed E-state index contributed by atoms with van der Waals surface area (Å²) in [7, 11) is 1.33. The molecule has 0 radical (unpaired) electrons. The molecular formula is C21H24N2O4. The third-order valence-corrected chi connectivity index (χ3v) is 5.07. The molecule has 4 atom stereocenters. The number of esters is 1. The van der Waals surface area contributed by atoms with Crippen LogP contribution in [0.3, 0.4) is 0 Å². The average Bonchev–Trinajstić information content (AvgIpc) is 2.97. The predicted octanol–water partition coefficient (Wildman–Crippen LogP) is 2.89. The number of benzene rings is 2. The van der Waals surface area contributed by atoms with Gasteiger partial charge < -0.3 is 15.2 Å². The lowest BCUT2D eigenvalue weighted by atomic mass is 9.92. The van der Waals surface area contributed by atoms with E-state index < -0.39 is 36.1 Å². The highest BCUT2D eigenvalue weighted by Crippen LogP contribution is 2.40. The standard InChI is InChI=1S/C21H24N2O4/c1-14-17(20(24)26-2)18(22)19(16-11-7-4-8-12-16)23(14)21(25)27-13-15-9-5-3-6-10-15/h3-12,14,17-19H,13,22H2,1-2H3/t14-,17+,18+,19+/m1/s1. The number of nitrogens with zero attached hydrogens (tertiary/aromatic N) is 1. The highest BCUT2D eigenvalue weighted by atomic mass is 16.6. The summed E-state index contributed by atoms with van der Waals surface area (Å²) >= 11 is 0. The Morgan fingerprint density at radius 1 is 1.04 bits per heavy atom. The van der Waals surface area contributed by atoms with E-state index in [4.69, 9.17) is 15.2 Å². The highest BCUT2D eigenvalue weighted by molar-refractivity contribution is 5.78. The number of nitrogens with two attached hydrogens (primary N) is 1. The summed E-state index contributed by atoms with van der Waals surface area (Å²) in [5, 5.41) is 0. The van der Waals surface area contributed by atoms with Gasteiger partial charge in [0.1, 0.15) is 6.61 Å². The molecule has 0 spiro atoms. The molecule has 27 heavy (non-hydrogen) atoms. The summed E-state index contributed by atoms with van der Waals surface area (Å²) in [6.45, 7) is 1.96. The normalized spacial score (nSPS) is 24.5. The van der Waals surface area contributed by atoms with Crippen molar-refractivity contribution >= 4 is 12.1 Å². The van der Waals surface area contributed by atoms with E-state index in [1.54, 1.807) is 11.8 Å². The van der Waals surface area contributed by atoms with Gasteiger partial charge in [0, 0.05) is 12.1 Å². The summed E-state index contributed by atoms with van der Waals surface area (Å²) in [5.41, 5.74) is 8.16. The smallest absolute Gasteiger partial charge is 0.410 e. The van der Waals surface area contributed by atoms with Crippen molar-refractivity contribution in [3.05, 3.63) is 71.8 Å². The molecule has 1 amide bonds. The van der Waals surface area contributed by atoms with Gasteiger partial charge in [0.25, 0.3) is 0 Å². The van der Waals surface area contributed by atoms with Crippen LogP contribution in [-0.4, -0.2) is 36.2 Å². The molecule has 1 fully saturated rings. The van der Waals surface area contributed by atoms with Crippen molar-refractivity contribution in [3.8, 4) is 0 Å². The molecule has 6 nitrogen and oxygen atoms in total. The predicted molar refractivity (Wildman–Crippen MR) is 101 cm³/mol. The van der Waals surface area contributed by atoms with Gasteiger partial charge in [0.2, 0.25) is 0 Å². The molecule has 0 bridgehead atoms. The molecule has 1 heterocycles. The third kappa shape index (κ3) is 3.80. The van der Waals surface area contributed by atoms with Gasteiger partial charge in [-0.2, -0.15) is 0 Å². The molecule has 6 heteroatoms. The lowest BCUT2D eigenvalue weighted by molar-refractivity contribution is -0.146. The van der Waals surface area contributed by atoms with E-state index in [0.717, 1.165) is 11.1 Å². The van der Waals surface area contributed by atoms with Crippen molar-refractivity contribution in [2.75, 3.05) is 7.11 Å². The minimum Gasteiger partial charge on any atom is -0.469 e. The Bertz CT molecular complexity index is 781. The lowest BCUT2D eigenvalue weighted by Crippen LogP contribution is -2.39. The number of likely N-dealkylation sites (tertiary alicyclic amines) is 1. The van der Waals surface area contributed by atoms with E-state index >= 15 is 0 Å². The van der Waals surface area contributed by atoms with Crippen LogP contribution in [0.5, 0.6) is 0 Å². The van der Waals surface area contributed by atoms with Crippen molar-refractivity contribution in [1.82, 2.24) is 4.90 Å². The van der Waals surface area contributed by atoms with Crippen LogP contribution in [0.15, 0.2) is 60.7 Å². The molecule has 142 valence electrons. The van der Waals surface area contributed by atoms with Crippen LogP contribution in [-0.2, 0) is 20.9 Å². The lowest BCUT2D eigenvalue weighted by Gasteiger charge is -2.29. The molecule has 0 aromatic heterocycles.